The normalized spacial score (nSPS) is 21.5. The Morgan fingerprint density at radius 1 is 1.08 bits per heavy atom. The molecule has 0 aliphatic carbocycles. The highest BCUT2D eigenvalue weighted by Gasteiger charge is 2.55. The van der Waals surface area contributed by atoms with Crippen molar-refractivity contribution in [2.75, 3.05) is 33.5 Å². The third-order valence-corrected chi connectivity index (χ3v) is 8.05. The number of fused-ring (bicyclic) bond motifs is 2. The number of carbonyl (C=O) groups excluding carboxylic acids is 2. The van der Waals surface area contributed by atoms with Crippen LogP contribution in [0, 0.1) is 5.82 Å². The van der Waals surface area contributed by atoms with E-state index in [9.17, 15) is 22.4 Å². The van der Waals surface area contributed by atoms with Crippen LogP contribution in [-0.4, -0.2) is 86.3 Å². The van der Waals surface area contributed by atoms with Gasteiger partial charge in [-0.25, -0.2) is 22.6 Å². The first-order valence-corrected chi connectivity index (χ1v) is 13.2. The van der Waals surface area contributed by atoms with E-state index in [1.54, 1.807) is 6.92 Å². The molecule has 0 radical (unpaired) electrons. The lowest BCUT2D eigenvalue weighted by atomic mass is 10.1. The van der Waals surface area contributed by atoms with Crippen LogP contribution in [-0.2, 0) is 29.0 Å². The van der Waals surface area contributed by atoms with Crippen LogP contribution in [0.1, 0.15) is 19.8 Å². The predicted molar refractivity (Wildman–Crippen MR) is 127 cm³/mol. The van der Waals surface area contributed by atoms with Crippen LogP contribution in [0.25, 0.3) is 0 Å². The minimum Gasteiger partial charge on any atom is -0.465 e. The van der Waals surface area contributed by atoms with Crippen LogP contribution in [0.4, 0.5) is 9.18 Å². The highest BCUT2D eigenvalue weighted by molar-refractivity contribution is 7.89. The third kappa shape index (κ3) is 5.68. The summed E-state index contributed by atoms with van der Waals surface area (Å²) in [6.07, 6.45) is 1.43. The molecule has 2 aliphatic heterocycles. The van der Waals surface area contributed by atoms with Crippen LogP contribution in [0.3, 0.4) is 0 Å². The van der Waals surface area contributed by atoms with E-state index in [1.807, 2.05) is 0 Å². The van der Waals surface area contributed by atoms with Crippen molar-refractivity contribution >= 4 is 22.1 Å². The van der Waals surface area contributed by atoms with Gasteiger partial charge in [0.25, 0.3) is 0 Å². The number of halogens is 1. The zero-order chi connectivity index (χ0) is 26.6. The molecule has 4 rings (SSSR count). The lowest BCUT2D eigenvalue weighted by molar-refractivity contribution is -0.151. The van der Waals surface area contributed by atoms with E-state index in [0.717, 1.165) is 10.5 Å². The maximum Gasteiger partial charge on any atom is 0.410 e. The predicted octanol–water partition coefficient (Wildman–Crippen LogP) is 2.57. The van der Waals surface area contributed by atoms with Crippen LogP contribution in [0.5, 0.6) is 11.6 Å². The minimum atomic E-state index is -4.20. The van der Waals surface area contributed by atoms with Crippen molar-refractivity contribution in [1.82, 2.24) is 14.2 Å². The Balaban J connectivity index is 1.57. The van der Waals surface area contributed by atoms with Crippen molar-refractivity contribution in [2.45, 2.75) is 42.8 Å². The average Bonchev–Trinajstić information content (AvgIpc) is 3.18. The lowest BCUT2D eigenvalue weighted by Gasteiger charge is -2.43. The van der Waals surface area contributed by atoms with E-state index < -0.39 is 46.0 Å². The van der Waals surface area contributed by atoms with E-state index in [4.69, 9.17) is 18.9 Å². The molecule has 2 aliphatic rings. The van der Waals surface area contributed by atoms with Crippen LogP contribution >= 0.6 is 0 Å². The second-order valence-corrected chi connectivity index (χ2v) is 10.4. The number of rotatable bonds is 9. The lowest BCUT2D eigenvalue weighted by Crippen LogP contribution is -2.65. The fourth-order valence-corrected chi connectivity index (χ4v) is 6.16. The molecule has 3 heterocycles. The van der Waals surface area contributed by atoms with E-state index in [1.165, 1.54) is 48.4 Å². The first-order chi connectivity index (χ1) is 17.8. The maximum absolute atomic E-state index is 13.7. The van der Waals surface area contributed by atoms with Gasteiger partial charge in [-0.05, 0) is 50.1 Å². The first-order valence-electron chi connectivity index (χ1n) is 11.8. The summed E-state index contributed by atoms with van der Waals surface area (Å²) in [4.78, 5) is 31.1. The van der Waals surface area contributed by atoms with Gasteiger partial charge in [-0.15, -0.1) is 0 Å². The second kappa shape index (κ2) is 11.4. The SMILES string of the molecule is CCOC(=O)[C@@H]1[C@@H]2CC[C@H](CN1S(=O)(=O)c1ccc(Oc3ccc(F)cc3)nc1)N2C(=O)OCCOC. The summed E-state index contributed by atoms with van der Waals surface area (Å²) < 4.78 is 62.4. The maximum atomic E-state index is 13.7. The molecule has 0 unspecified atom stereocenters. The summed E-state index contributed by atoms with van der Waals surface area (Å²) in [5.74, 6) is -0.723. The number of nitrogens with zero attached hydrogens (tertiary/aromatic N) is 3. The molecule has 2 saturated heterocycles. The summed E-state index contributed by atoms with van der Waals surface area (Å²) in [6.45, 7) is 1.82. The van der Waals surface area contributed by atoms with Gasteiger partial charge in [0.1, 0.15) is 29.1 Å². The van der Waals surface area contributed by atoms with Crippen LogP contribution < -0.4 is 4.74 Å². The van der Waals surface area contributed by atoms with Crippen molar-refractivity contribution in [1.29, 1.82) is 0 Å². The number of pyridine rings is 1. The molecule has 2 aromatic rings. The van der Waals surface area contributed by atoms with Crippen LogP contribution in [0.2, 0.25) is 0 Å². The van der Waals surface area contributed by atoms with Gasteiger partial charge in [0.05, 0.1) is 25.5 Å². The summed E-state index contributed by atoms with van der Waals surface area (Å²) >= 11 is 0. The zero-order valence-electron chi connectivity index (χ0n) is 20.4. The standard InChI is InChI=1S/C24H28FN3O8S/c1-3-34-23(29)22-20-10-6-17(28(20)24(30)35-13-12-33-2)15-27(22)37(31,32)19-9-11-21(26-14-19)36-18-7-4-16(25)5-8-18/h4-5,7-9,11,14,17,20,22H,3,6,10,12-13,15H2,1-2H3/t17-,20+,22+/m1/s1. The number of amides is 1. The van der Waals surface area contributed by atoms with Gasteiger partial charge in [-0.2, -0.15) is 4.31 Å². The van der Waals surface area contributed by atoms with E-state index in [0.29, 0.717) is 18.6 Å². The zero-order valence-corrected chi connectivity index (χ0v) is 21.2. The fraction of sp³-hybridized carbons (Fsp3) is 0.458. The number of piperazine rings is 1. The Bertz CT molecular complexity index is 1210. The summed E-state index contributed by atoms with van der Waals surface area (Å²) in [5, 5.41) is 0. The molecular weight excluding hydrogens is 509 g/mol. The molecule has 1 amide bonds. The Labute approximate surface area is 214 Å². The minimum absolute atomic E-state index is 0.0371. The number of aromatic nitrogens is 1. The molecule has 0 spiro atoms. The summed E-state index contributed by atoms with van der Waals surface area (Å²) in [7, 11) is -2.72. The van der Waals surface area contributed by atoms with E-state index in [-0.39, 0.29) is 37.1 Å². The quantitative estimate of drug-likeness (QED) is 0.351. The van der Waals surface area contributed by atoms with Crippen molar-refractivity contribution in [3.05, 3.63) is 48.4 Å². The Kier molecular flexibility index (Phi) is 8.25. The van der Waals surface area contributed by atoms with E-state index >= 15 is 0 Å². The molecule has 1 aromatic heterocycles. The molecule has 13 heteroatoms. The van der Waals surface area contributed by atoms with Crippen molar-refractivity contribution in [3.63, 3.8) is 0 Å². The van der Waals surface area contributed by atoms with Crippen molar-refractivity contribution in [3.8, 4) is 11.6 Å². The van der Waals surface area contributed by atoms with Gasteiger partial charge in [0.2, 0.25) is 15.9 Å². The van der Waals surface area contributed by atoms with Gasteiger partial charge < -0.3 is 18.9 Å². The molecule has 3 atom stereocenters. The van der Waals surface area contributed by atoms with Gasteiger partial charge in [0.15, 0.2) is 0 Å². The van der Waals surface area contributed by atoms with Crippen molar-refractivity contribution in [2.24, 2.45) is 0 Å². The Morgan fingerprint density at radius 3 is 2.49 bits per heavy atom. The van der Waals surface area contributed by atoms with Gasteiger partial charge in [-0.3, -0.25) is 9.69 Å². The number of hydrogen-bond acceptors (Lipinski definition) is 9. The first kappa shape index (κ1) is 26.8. The Hall–Kier alpha value is -3.29. The smallest absolute Gasteiger partial charge is 0.410 e. The molecule has 11 nitrogen and oxygen atoms in total. The average molecular weight is 538 g/mol. The van der Waals surface area contributed by atoms with Gasteiger partial charge in [0, 0.05) is 25.8 Å². The number of ether oxygens (including phenoxy) is 4. The molecule has 0 saturated carbocycles. The highest BCUT2D eigenvalue weighted by Crippen LogP contribution is 2.38. The topological polar surface area (TPSA) is 125 Å². The molecule has 0 N–H and O–H groups in total. The molecule has 2 bridgehead atoms. The molecule has 200 valence electrons. The number of carbonyl (C=O) groups is 2. The van der Waals surface area contributed by atoms with Crippen LogP contribution in [0.15, 0.2) is 47.5 Å². The summed E-state index contributed by atoms with van der Waals surface area (Å²) in [6, 6.07) is 5.53. The second-order valence-electron chi connectivity index (χ2n) is 8.47. The highest BCUT2D eigenvalue weighted by atomic mass is 32.2. The molecule has 2 fully saturated rings. The molecule has 1 aromatic carbocycles. The monoisotopic (exact) mass is 537 g/mol. The number of methoxy groups -OCH3 is 1. The number of hydrogen-bond donors (Lipinski definition) is 0. The third-order valence-electron chi connectivity index (χ3n) is 6.22. The largest absolute Gasteiger partial charge is 0.465 e. The number of benzene rings is 1. The Morgan fingerprint density at radius 2 is 1.84 bits per heavy atom. The molecular formula is C24H28FN3O8S. The van der Waals surface area contributed by atoms with E-state index in [2.05, 4.69) is 4.98 Å². The number of sulfonamides is 1. The fourth-order valence-electron chi connectivity index (χ4n) is 4.57. The number of esters is 1. The van der Waals surface area contributed by atoms with Gasteiger partial charge >= 0.3 is 12.1 Å². The molecule has 37 heavy (non-hydrogen) atoms. The summed E-state index contributed by atoms with van der Waals surface area (Å²) in [5.41, 5.74) is 0. The van der Waals surface area contributed by atoms with Gasteiger partial charge in [-0.1, -0.05) is 0 Å². The van der Waals surface area contributed by atoms with Crippen molar-refractivity contribution < 1.29 is 41.3 Å².